The van der Waals surface area contributed by atoms with E-state index in [0.717, 1.165) is 61.5 Å². The van der Waals surface area contributed by atoms with Crippen molar-refractivity contribution in [1.29, 1.82) is 0 Å². The van der Waals surface area contributed by atoms with E-state index < -0.39 is 13.3 Å². The Morgan fingerprint density at radius 3 is 2.04 bits per heavy atom. The second-order valence-electron chi connectivity index (χ2n) is 21.7. The zero-order valence-corrected chi connectivity index (χ0v) is 46.9. The van der Waals surface area contributed by atoms with Gasteiger partial charge in [-0.05, 0) is 88.7 Å². The number of pyridine rings is 1. The molecule has 1 radical (unpaired) electrons. The molecule has 0 spiro atoms. The van der Waals surface area contributed by atoms with E-state index in [2.05, 4.69) is 177 Å². The van der Waals surface area contributed by atoms with E-state index in [1.807, 2.05) is 18.2 Å². The molecule has 70 heavy (non-hydrogen) atoms. The summed E-state index contributed by atoms with van der Waals surface area (Å²) < 4.78 is 10.8. The van der Waals surface area contributed by atoms with Crippen LogP contribution in [0.2, 0.25) is 17.3 Å². The van der Waals surface area contributed by atoms with Crippen molar-refractivity contribution in [3.05, 3.63) is 168 Å². The molecule has 3 heterocycles. The molecular weight excluding hydrogens is 1090 g/mol. The van der Waals surface area contributed by atoms with Gasteiger partial charge in [0.15, 0.2) is 0 Å². The van der Waals surface area contributed by atoms with Gasteiger partial charge in [-0.2, -0.15) is 0 Å². The summed E-state index contributed by atoms with van der Waals surface area (Å²) in [7, 11) is 0. The summed E-state index contributed by atoms with van der Waals surface area (Å²) in [6, 6.07) is 52.6. The van der Waals surface area contributed by atoms with Gasteiger partial charge in [-0.1, -0.05) is 113 Å². The number of furan rings is 1. The Hall–Kier alpha value is -5.07. The molecule has 2 aliphatic carbocycles. The molecule has 2 saturated carbocycles. The zero-order valence-electron chi connectivity index (χ0n) is 42.4. The Morgan fingerprint density at radius 2 is 1.36 bits per heavy atom. The molecule has 0 N–H and O–H groups in total. The molecular formula is C64H69GeIrN3O-2. The van der Waals surface area contributed by atoms with E-state index in [0.29, 0.717) is 17.8 Å². The number of nitrogens with zero attached hydrogens (tertiary/aromatic N) is 3. The van der Waals surface area contributed by atoms with Gasteiger partial charge in [0, 0.05) is 31.2 Å². The fraction of sp³-hybridized carbons (Fsp3) is 0.344. The topological polar surface area (TPSA) is 43.9 Å². The molecule has 6 aromatic carbocycles. The predicted octanol–water partition coefficient (Wildman–Crippen LogP) is 17.6. The van der Waals surface area contributed by atoms with Crippen LogP contribution in [0.15, 0.2) is 138 Å². The summed E-state index contributed by atoms with van der Waals surface area (Å²) in [4.78, 5) is 10.1. The van der Waals surface area contributed by atoms with Crippen molar-refractivity contribution in [2.24, 2.45) is 5.92 Å². The van der Waals surface area contributed by atoms with Crippen molar-refractivity contribution >= 4 is 50.6 Å². The van der Waals surface area contributed by atoms with Crippen LogP contribution >= 0.6 is 0 Å². The van der Waals surface area contributed by atoms with E-state index in [-0.39, 0.29) is 20.1 Å². The van der Waals surface area contributed by atoms with Crippen LogP contribution in [-0.2, 0) is 26.5 Å². The summed E-state index contributed by atoms with van der Waals surface area (Å²) in [5.74, 6) is 10.4. The van der Waals surface area contributed by atoms with E-state index >= 15 is 0 Å². The first-order valence-electron chi connectivity index (χ1n) is 26.1. The summed E-state index contributed by atoms with van der Waals surface area (Å²) in [6.07, 6.45) is 17.1. The zero-order chi connectivity index (χ0) is 47.6. The molecule has 11 rings (SSSR count). The standard InChI is InChI=1S/C43H41N2O.C21H28GeN.Ir/c1-27(2)36-24-32(30-16-9-6-10-17-30)25-37(28(3)4)41(36)45-39-21-12-11-20-38(39)44-43(45)35-19-13-18-34-33-23-22-31(26-40(33)46-42(34)35)29-14-7-5-8-15-29;1-22(2,3)20-16-23-21(18-12-8-5-9-13-18)15-19(20)14-17-10-6-4-7-11-17;/h6,9-13,16-18,20-29H,5,7-8,14-15H2,1-4H3;5,8-9,12,15-17H,4,6-7,10-11,14H2,1-3H3;/q2*-1;. The van der Waals surface area contributed by atoms with Crippen molar-refractivity contribution in [2.45, 2.75) is 133 Å². The number of rotatable bonds is 10. The normalized spacial score (nSPS) is 14.9. The number of imidazole rings is 1. The van der Waals surface area contributed by atoms with Crippen molar-refractivity contribution in [3.8, 4) is 39.5 Å². The fourth-order valence-electron chi connectivity index (χ4n) is 11.4. The van der Waals surface area contributed by atoms with Gasteiger partial charge in [0.25, 0.3) is 0 Å². The summed E-state index contributed by atoms with van der Waals surface area (Å²) in [5, 5.41) is 2.27. The Morgan fingerprint density at radius 1 is 0.671 bits per heavy atom. The summed E-state index contributed by atoms with van der Waals surface area (Å²) in [6.45, 7) is 9.19. The molecule has 0 unspecified atom stereocenters. The third kappa shape index (κ3) is 10.5. The Bertz CT molecular complexity index is 3170. The average Bonchev–Trinajstić information content (AvgIpc) is 3.95. The van der Waals surface area contributed by atoms with Crippen LogP contribution in [0.4, 0.5) is 0 Å². The summed E-state index contributed by atoms with van der Waals surface area (Å²) >= 11 is -1.89. The van der Waals surface area contributed by atoms with Gasteiger partial charge in [0.2, 0.25) is 0 Å². The van der Waals surface area contributed by atoms with Crippen LogP contribution in [0, 0.1) is 18.1 Å². The maximum atomic E-state index is 6.80. The molecule has 0 saturated heterocycles. The minimum Gasteiger partial charge on any atom is 0 e. The molecule has 4 nitrogen and oxygen atoms in total. The van der Waals surface area contributed by atoms with Gasteiger partial charge in [-0.15, -0.1) is 18.2 Å². The van der Waals surface area contributed by atoms with Gasteiger partial charge in [0.05, 0.1) is 22.4 Å². The molecule has 361 valence electrons. The van der Waals surface area contributed by atoms with E-state index in [1.165, 1.54) is 104 Å². The number of hydrogen-bond acceptors (Lipinski definition) is 3. The summed E-state index contributed by atoms with van der Waals surface area (Å²) in [5.41, 5.74) is 16.3. The van der Waals surface area contributed by atoms with Gasteiger partial charge < -0.3 is 8.98 Å². The third-order valence-electron chi connectivity index (χ3n) is 15.1. The predicted molar refractivity (Wildman–Crippen MR) is 294 cm³/mol. The number of aromatic nitrogens is 3. The number of fused-ring (bicyclic) bond motifs is 4. The molecule has 2 fully saturated rings. The van der Waals surface area contributed by atoms with Crippen LogP contribution in [-0.4, -0.2) is 27.8 Å². The number of para-hydroxylation sites is 2. The largest absolute Gasteiger partial charge is 0 e. The Balaban J connectivity index is 0.000000214. The smallest absolute Gasteiger partial charge is 0 e. The van der Waals surface area contributed by atoms with Crippen LogP contribution in [0.5, 0.6) is 0 Å². The molecule has 0 aliphatic heterocycles. The van der Waals surface area contributed by atoms with Crippen LogP contribution in [0.1, 0.15) is 132 Å². The second kappa shape index (κ2) is 21.7. The van der Waals surface area contributed by atoms with Gasteiger partial charge >= 0.3 is 144 Å². The number of benzene rings is 6. The first-order valence-corrected chi connectivity index (χ1v) is 33.4. The van der Waals surface area contributed by atoms with Gasteiger partial charge in [0.1, 0.15) is 5.58 Å². The van der Waals surface area contributed by atoms with Crippen LogP contribution < -0.4 is 4.40 Å². The van der Waals surface area contributed by atoms with Crippen molar-refractivity contribution in [1.82, 2.24) is 14.5 Å². The van der Waals surface area contributed by atoms with Crippen molar-refractivity contribution in [2.75, 3.05) is 0 Å². The third-order valence-corrected chi connectivity index (χ3v) is 19.4. The molecule has 9 aromatic rings. The maximum absolute atomic E-state index is 6.80. The van der Waals surface area contributed by atoms with Crippen molar-refractivity contribution in [3.63, 3.8) is 0 Å². The molecule has 3 aromatic heterocycles. The van der Waals surface area contributed by atoms with E-state index in [4.69, 9.17) is 14.4 Å². The SMILES string of the molecule is CC(C)c1cc(-c2ccccc2)cc(C(C)C)c1-n1c(-c2[c-]ccc3c2oc2cc(C4CCCCC4)ccc23)nc2ccccc21.[CH3][Ge]([CH3])([CH3])[c]1cnc(-c2[c-]cccc2)cc1CC1CCCCC1.[Ir]. The van der Waals surface area contributed by atoms with Gasteiger partial charge in [-0.25, -0.2) is 0 Å². The molecule has 0 atom stereocenters. The molecule has 0 amide bonds. The quantitative estimate of drug-likeness (QED) is 0.101. The minimum atomic E-state index is -1.89. The van der Waals surface area contributed by atoms with E-state index in [1.54, 1.807) is 9.96 Å². The van der Waals surface area contributed by atoms with Crippen LogP contribution in [0.25, 0.3) is 72.4 Å². The maximum Gasteiger partial charge on any atom is 0 e. The van der Waals surface area contributed by atoms with E-state index in [9.17, 15) is 0 Å². The van der Waals surface area contributed by atoms with Gasteiger partial charge in [-0.3, -0.25) is 4.98 Å². The average molecular weight is 1160 g/mol. The minimum absolute atomic E-state index is 0. The van der Waals surface area contributed by atoms with Crippen LogP contribution in [0.3, 0.4) is 0 Å². The Kier molecular flexibility index (Phi) is 15.5. The van der Waals surface area contributed by atoms with Crippen molar-refractivity contribution < 1.29 is 24.5 Å². The molecule has 2 aliphatic rings. The molecule has 0 bridgehead atoms. The monoisotopic (exact) mass is 1160 g/mol. The fourth-order valence-corrected chi connectivity index (χ4v) is 14.7. The molecule has 6 heteroatoms. The number of hydrogen-bond donors (Lipinski definition) is 0. The first kappa shape index (κ1) is 49.9. The Labute approximate surface area is 433 Å². The first-order chi connectivity index (χ1) is 33.5. The second-order valence-corrected chi connectivity index (χ2v) is 32.3.